The molecule has 6 nitrogen and oxygen atoms in total. The smallest absolute Gasteiger partial charge is 0.305 e. The molecule has 1 unspecified atom stereocenters. The Balaban J connectivity index is 3.51. The first-order valence-corrected chi connectivity index (χ1v) is 18.7. The van der Waals surface area contributed by atoms with Gasteiger partial charge in [0.25, 0.3) is 0 Å². The molecule has 0 aromatic heterocycles. The Morgan fingerprint density at radius 1 is 0.419 bits per heavy atom. The molecule has 0 saturated heterocycles. The molecular formula is C37H74O6. The molecule has 0 aromatic carbocycles. The highest BCUT2D eigenvalue weighted by Gasteiger charge is 2.12. The maximum atomic E-state index is 12.3. The fourth-order valence-corrected chi connectivity index (χ4v) is 5.26. The third-order valence-corrected chi connectivity index (χ3v) is 8.09. The van der Waals surface area contributed by atoms with Gasteiger partial charge in [-0.1, -0.05) is 136 Å². The number of unbranched alkanes of at least 4 members (excludes halogenated alkanes) is 16. The van der Waals surface area contributed by atoms with E-state index in [2.05, 4.69) is 20.8 Å². The van der Waals surface area contributed by atoms with Crippen LogP contribution in [-0.4, -0.2) is 65.4 Å². The van der Waals surface area contributed by atoms with Crippen LogP contribution < -0.4 is 0 Å². The van der Waals surface area contributed by atoms with E-state index >= 15 is 0 Å². The van der Waals surface area contributed by atoms with Gasteiger partial charge in [-0.2, -0.15) is 0 Å². The van der Waals surface area contributed by atoms with E-state index in [9.17, 15) is 4.79 Å². The van der Waals surface area contributed by atoms with Gasteiger partial charge in [0.15, 0.2) is 0 Å². The standard InChI is InChI=1S/C37H74O6/c1-4-7-10-13-15-16-17-19-22-27-39-29-31-41-33-34-42-32-30-40-28-23-26-37(38)43-35-36(24-20-12-9-6-3)25-21-18-14-11-8-5-2/h36H,4-35H2,1-3H3. The average Bonchev–Trinajstić information content (AvgIpc) is 3.01. The minimum absolute atomic E-state index is 0.0874. The predicted molar refractivity (Wildman–Crippen MR) is 181 cm³/mol. The van der Waals surface area contributed by atoms with Crippen molar-refractivity contribution in [1.29, 1.82) is 0 Å². The first-order valence-electron chi connectivity index (χ1n) is 18.7. The van der Waals surface area contributed by atoms with Gasteiger partial charge < -0.3 is 23.7 Å². The Bertz CT molecular complexity index is 529. The largest absolute Gasteiger partial charge is 0.465 e. The molecule has 0 N–H and O–H groups in total. The Morgan fingerprint density at radius 3 is 1.23 bits per heavy atom. The van der Waals surface area contributed by atoms with Crippen LogP contribution in [-0.2, 0) is 28.5 Å². The van der Waals surface area contributed by atoms with Crippen LogP contribution in [0.2, 0.25) is 0 Å². The quantitative estimate of drug-likeness (QED) is 0.0512. The molecule has 0 aliphatic carbocycles. The molecule has 0 spiro atoms. The number of ether oxygens (including phenoxy) is 5. The summed E-state index contributed by atoms with van der Waals surface area (Å²) in [5.74, 6) is 0.428. The highest BCUT2D eigenvalue weighted by Crippen LogP contribution is 2.20. The van der Waals surface area contributed by atoms with Gasteiger partial charge >= 0.3 is 5.97 Å². The topological polar surface area (TPSA) is 63.2 Å². The molecule has 0 heterocycles. The summed E-state index contributed by atoms with van der Waals surface area (Å²) in [6.45, 7) is 12.2. The molecule has 258 valence electrons. The summed E-state index contributed by atoms with van der Waals surface area (Å²) >= 11 is 0. The maximum absolute atomic E-state index is 12.3. The first-order chi connectivity index (χ1) is 21.2. The fraction of sp³-hybridized carbons (Fsp3) is 0.973. The molecule has 0 bridgehead atoms. The molecule has 0 radical (unpaired) electrons. The van der Waals surface area contributed by atoms with E-state index in [-0.39, 0.29) is 5.97 Å². The summed E-state index contributed by atoms with van der Waals surface area (Å²) in [5.41, 5.74) is 0. The van der Waals surface area contributed by atoms with Crippen molar-refractivity contribution in [3.05, 3.63) is 0 Å². The van der Waals surface area contributed by atoms with Crippen LogP contribution in [0.25, 0.3) is 0 Å². The lowest BCUT2D eigenvalue weighted by Gasteiger charge is -2.17. The van der Waals surface area contributed by atoms with E-state index in [0.717, 1.165) is 13.0 Å². The molecular weight excluding hydrogens is 540 g/mol. The summed E-state index contributed by atoms with van der Waals surface area (Å²) in [5, 5.41) is 0. The van der Waals surface area contributed by atoms with Crippen LogP contribution in [0.1, 0.15) is 168 Å². The molecule has 6 heteroatoms. The highest BCUT2D eigenvalue weighted by molar-refractivity contribution is 5.69. The second-order valence-electron chi connectivity index (χ2n) is 12.3. The number of esters is 1. The van der Waals surface area contributed by atoms with E-state index < -0.39 is 0 Å². The Kier molecular flexibility index (Phi) is 36.9. The van der Waals surface area contributed by atoms with Crippen molar-refractivity contribution < 1.29 is 28.5 Å². The van der Waals surface area contributed by atoms with E-state index in [1.54, 1.807) is 0 Å². The van der Waals surface area contributed by atoms with Crippen LogP contribution >= 0.6 is 0 Å². The third-order valence-electron chi connectivity index (χ3n) is 8.09. The fourth-order valence-electron chi connectivity index (χ4n) is 5.26. The molecule has 0 amide bonds. The number of carbonyl (C=O) groups excluding carboxylic acids is 1. The van der Waals surface area contributed by atoms with Gasteiger partial charge in [-0.25, -0.2) is 0 Å². The molecule has 0 aliphatic heterocycles. The second kappa shape index (κ2) is 37.5. The summed E-state index contributed by atoms with van der Waals surface area (Å²) in [6, 6.07) is 0. The molecule has 0 aromatic rings. The molecule has 0 fully saturated rings. The Hall–Kier alpha value is -0.690. The zero-order valence-electron chi connectivity index (χ0n) is 29.2. The third kappa shape index (κ3) is 35.7. The summed E-state index contributed by atoms with van der Waals surface area (Å²) in [7, 11) is 0. The number of rotatable bonds is 37. The van der Waals surface area contributed by atoms with Crippen molar-refractivity contribution in [3.8, 4) is 0 Å². The zero-order chi connectivity index (χ0) is 31.3. The van der Waals surface area contributed by atoms with E-state index in [1.165, 1.54) is 128 Å². The predicted octanol–water partition coefficient (Wildman–Crippen LogP) is 10.2. The molecule has 1 atom stereocenters. The maximum Gasteiger partial charge on any atom is 0.305 e. The molecule has 0 saturated carbocycles. The van der Waals surface area contributed by atoms with E-state index in [4.69, 9.17) is 23.7 Å². The molecule has 0 aliphatic rings. The number of carbonyl (C=O) groups is 1. The van der Waals surface area contributed by atoms with Gasteiger partial charge in [-0.05, 0) is 31.6 Å². The lowest BCUT2D eigenvalue weighted by molar-refractivity contribution is -0.145. The zero-order valence-corrected chi connectivity index (χ0v) is 29.2. The Morgan fingerprint density at radius 2 is 0.767 bits per heavy atom. The van der Waals surface area contributed by atoms with Crippen LogP contribution in [0, 0.1) is 5.92 Å². The van der Waals surface area contributed by atoms with E-state index in [1.807, 2.05) is 0 Å². The highest BCUT2D eigenvalue weighted by atomic mass is 16.6. The van der Waals surface area contributed by atoms with Gasteiger partial charge in [0.05, 0.1) is 46.2 Å². The Labute approximate surface area is 268 Å². The van der Waals surface area contributed by atoms with Crippen LogP contribution in [0.3, 0.4) is 0 Å². The number of hydrogen-bond donors (Lipinski definition) is 0. The van der Waals surface area contributed by atoms with Gasteiger partial charge in [-0.15, -0.1) is 0 Å². The average molecular weight is 615 g/mol. The second-order valence-corrected chi connectivity index (χ2v) is 12.3. The van der Waals surface area contributed by atoms with Crippen molar-refractivity contribution in [2.24, 2.45) is 5.92 Å². The van der Waals surface area contributed by atoms with Crippen LogP contribution in [0.4, 0.5) is 0 Å². The lowest BCUT2D eigenvalue weighted by Crippen LogP contribution is -2.15. The number of hydrogen-bond acceptors (Lipinski definition) is 6. The monoisotopic (exact) mass is 615 g/mol. The SMILES string of the molecule is CCCCCCCCCCCOCCOCCOCCOCCCC(=O)OCC(CCCCCC)CCCCCCCC. The van der Waals surface area contributed by atoms with Crippen LogP contribution in [0.15, 0.2) is 0 Å². The van der Waals surface area contributed by atoms with E-state index in [0.29, 0.717) is 71.6 Å². The minimum Gasteiger partial charge on any atom is -0.465 e. The normalized spacial score (nSPS) is 12.2. The molecule has 0 rings (SSSR count). The summed E-state index contributed by atoms with van der Waals surface area (Å²) in [4.78, 5) is 12.3. The lowest BCUT2D eigenvalue weighted by atomic mass is 9.95. The van der Waals surface area contributed by atoms with Crippen molar-refractivity contribution in [3.63, 3.8) is 0 Å². The van der Waals surface area contributed by atoms with Crippen molar-refractivity contribution in [2.45, 2.75) is 168 Å². The summed E-state index contributed by atoms with van der Waals surface area (Å²) in [6.07, 6.45) is 28.5. The van der Waals surface area contributed by atoms with Gasteiger partial charge in [-0.3, -0.25) is 4.79 Å². The van der Waals surface area contributed by atoms with Crippen molar-refractivity contribution in [2.75, 3.05) is 59.5 Å². The van der Waals surface area contributed by atoms with Crippen molar-refractivity contribution in [1.82, 2.24) is 0 Å². The van der Waals surface area contributed by atoms with Crippen molar-refractivity contribution >= 4 is 5.97 Å². The molecule has 43 heavy (non-hydrogen) atoms. The van der Waals surface area contributed by atoms with Gasteiger partial charge in [0, 0.05) is 19.6 Å². The van der Waals surface area contributed by atoms with Gasteiger partial charge in [0.2, 0.25) is 0 Å². The van der Waals surface area contributed by atoms with Crippen LogP contribution in [0.5, 0.6) is 0 Å². The van der Waals surface area contributed by atoms with Gasteiger partial charge in [0.1, 0.15) is 0 Å². The first kappa shape index (κ1) is 42.3. The minimum atomic E-state index is -0.0874. The summed E-state index contributed by atoms with van der Waals surface area (Å²) < 4.78 is 28.1.